The van der Waals surface area contributed by atoms with E-state index in [-0.39, 0.29) is 5.57 Å². The molecule has 0 spiro atoms. The number of carboxylic acid groups (broad SMARTS) is 1. The molecule has 0 radical (unpaired) electrons. The maximum absolute atomic E-state index is 10.5. The Hall–Kier alpha value is -0.830. The van der Waals surface area contributed by atoms with E-state index in [1.54, 1.807) is 0 Å². The maximum Gasteiger partial charge on any atom is 0.332 e. The zero-order valence-corrected chi connectivity index (χ0v) is 8.97. The van der Waals surface area contributed by atoms with Gasteiger partial charge in [-0.3, -0.25) is 0 Å². The van der Waals surface area contributed by atoms with Crippen LogP contribution in [0.4, 0.5) is 0 Å². The minimum atomic E-state index is -0.910. The van der Waals surface area contributed by atoms with Gasteiger partial charge in [-0.05, 0) is 24.2 Å². The minimum absolute atomic E-state index is 0.240. The van der Waals surface area contributed by atoms with Crippen molar-refractivity contribution in [3.63, 3.8) is 0 Å². The van der Waals surface area contributed by atoms with Crippen molar-refractivity contribution < 1.29 is 9.90 Å². The van der Waals surface area contributed by atoms with Gasteiger partial charge in [0.1, 0.15) is 0 Å². The lowest BCUT2D eigenvalue weighted by molar-refractivity contribution is -0.132. The predicted octanol–water partition coefficient (Wildman–Crippen LogP) is 1.65. The summed E-state index contributed by atoms with van der Waals surface area (Å²) in [5.41, 5.74) is 0.670. The molecule has 0 aliphatic heterocycles. The summed E-state index contributed by atoms with van der Waals surface area (Å²) in [5.74, 6) is -0.236. The van der Waals surface area contributed by atoms with E-state index < -0.39 is 5.97 Å². The van der Waals surface area contributed by atoms with E-state index in [0.717, 1.165) is 6.54 Å². The maximum atomic E-state index is 10.5. The van der Waals surface area contributed by atoms with E-state index in [2.05, 4.69) is 25.7 Å². The number of hydrogen-bond acceptors (Lipinski definition) is 2. The van der Waals surface area contributed by atoms with E-state index in [4.69, 9.17) is 5.11 Å². The fraction of sp³-hybridized carbons (Fsp3) is 0.727. The molecule has 1 aliphatic carbocycles. The van der Waals surface area contributed by atoms with Gasteiger partial charge in [-0.2, -0.15) is 0 Å². The molecule has 0 heterocycles. The minimum Gasteiger partial charge on any atom is -0.478 e. The molecule has 3 nitrogen and oxygen atoms in total. The molecule has 0 saturated heterocycles. The second-order valence-electron chi connectivity index (χ2n) is 4.53. The third-order valence-corrected chi connectivity index (χ3v) is 3.23. The van der Waals surface area contributed by atoms with Gasteiger partial charge in [0, 0.05) is 18.7 Å². The predicted molar refractivity (Wildman–Crippen MR) is 56.2 cm³/mol. The quantitative estimate of drug-likeness (QED) is 0.637. The van der Waals surface area contributed by atoms with Crippen molar-refractivity contribution >= 4 is 5.97 Å². The Morgan fingerprint density at radius 1 is 1.57 bits per heavy atom. The Morgan fingerprint density at radius 3 is 2.50 bits per heavy atom. The molecule has 0 unspecified atom stereocenters. The van der Waals surface area contributed by atoms with Crippen molar-refractivity contribution in [1.82, 2.24) is 5.32 Å². The highest BCUT2D eigenvalue weighted by atomic mass is 16.4. The van der Waals surface area contributed by atoms with E-state index in [1.165, 1.54) is 12.8 Å². The Balaban J connectivity index is 2.22. The SMILES string of the molecule is C=C(CNCC1(C(C)C)CC1)C(=O)O. The van der Waals surface area contributed by atoms with E-state index in [0.29, 0.717) is 17.9 Å². The topological polar surface area (TPSA) is 49.3 Å². The highest BCUT2D eigenvalue weighted by molar-refractivity contribution is 5.86. The van der Waals surface area contributed by atoms with Crippen LogP contribution in [0, 0.1) is 11.3 Å². The molecule has 0 aromatic rings. The molecule has 0 bridgehead atoms. The molecule has 3 heteroatoms. The standard InChI is InChI=1S/C11H19NO2/c1-8(2)11(4-5-11)7-12-6-9(3)10(13)14/h8,12H,3-7H2,1-2H3,(H,13,14). The van der Waals surface area contributed by atoms with Gasteiger partial charge in [-0.25, -0.2) is 4.79 Å². The summed E-state index contributed by atoms with van der Waals surface area (Å²) in [6.07, 6.45) is 2.52. The zero-order chi connectivity index (χ0) is 10.8. The first-order chi connectivity index (χ1) is 6.48. The molecule has 1 rings (SSSR count). The Labute approximate surface area is 85.2 Å². The summed E-state index contributed by atoms with van der Waals surface area (Å²) in [6, 6.07) is 0. The van der Waals surface area contributed by atoms with Crippen molar-refractivity contribution in [2.75, 3.05) is 13.1 Å². The number of hydrogen-bond donors (Lipinski definition) is 2. The highest BCUT2D eigenvalue weighted by Crippen LogP contribution is 2.51. The molecule has 1 fully saturated rings. The van der Waals surface area contributed by atoms with Crippen molar-refractivity contribution in [3.8, 4) is 0 Å². The van der Waals surface area contributed by atoms with Crippen LogP contribution in [0.5, 0.6) is 0 Å². The third kappa shape index (κ3) is 2.58. The average molecular weight is 197 g/mol. The molecular weight excluding hydrogens is 178 g/mol. The largest absolute Gasteiger partial charge is 0.478 e. The van der Waals surface area contributed by atoms with Gasteiger partial charge >= 0.3 is 5.97 Å². The average Bonchev–Trinajstić information content (AvgIpc) is 2.85. The molecule has 0 atom stereocenters. The number of aliphatic carboxylic acids is 1. The summed E-state index contributed by atoms with van der Waals surface area (Å²) in [4.78, 5) is 10.5. The van der Waals surface area contributed by atoms with Gasteiger partial charge in [-0.15, -0.1) is 0 Å². The smallest absolute Gasteiger partial charge is 0.332 e. The van der Waals surface area contributed by atoms with Crippen LogP contribution in [-0.2, 0) is 4.79 Å². The van der Waals surface area contributed by atoms with Crippen LogP contribution in [0.15, 0.2) is 12.2 Å². The van der Waals surface area contributed by atoms with Gasteiger partial charge in [0.2, 0.25) is 0 Å². The molecule has 1 aliphatic rings. The van der Waals surface area contributed by atoms with Crippen molar-refractivity contribution in [2.24, 2.45) is 11.3 Å². The summed E-state index contributed by atoms with van der Waals surface area (Å²) in [5, 5.41) is 11.8. The normalized spacial score (nSPS) is 18.2. The van der Waals surface area contributed by atoms with Gasteiger partial charge < -0.3 is 10.4 Å². The van der Waals surface area contributed by atoms with Crippen LogP contribution in [0.2, 0.25) is 0 Å². The molecular formula is C11H19NO2. The first kappa shape index (κ1) is 11.2. The molecule has 80 valence electrons. The van der Waals surface area contributed by atoms with Crippen LogP contribution in [0.3, 0.4) is 0 Å². The molecule has 0 aromatic heterocycles. The number of carbonyl (C=O) groups is 1. The van der Waals surface area contributed by atoms with Crippen LogP contribution in [0.25, 0.3) is 0 Å². The fourth-order valence-corrected chi connectivity index (χ4v) is 1.66. The Bertz CT molecular complexity index is 242. The number of nitrogens with one attached hydrogen (secondary N) is 1. The van der Waals surface area contributed by atoms with Crippen LogP contribution in [0.1, 0.15) is 26.7 Å². The zero-order valence-electron chi connectivity index (χ0n) is 8.97. The lowest BCUT2D eigenvalue weighted by Crippen LogP contribution is -2.30. The second-order valence-corrected chi connectivity index (χ2v) is 4.53. The molecule has 0 amide bonds. The van der Waals surface area contributed by atoms with Gasteiger partial charge in [0.05, 0.1) is 0 Å². The fourth-order valence-electron chi connectivity index (χ4n) is 1.66. The van der Waals surface area contributed by atoms with Crippen molar-refractivity contribution in [1.29, 1.82) is 0 Å². The third-order valence-electron chi connectivity index (χ3n) is 3.23. The summed E-state index contributed by atoms with van der Waals surface area (Å²) in [7, 11) is 0. The summed E-state index contributed by atoms with van der Waals surface area (Å²) >= 11 is 0. The highest BCUT2D eigenvalue weighted by Gasteiger charge is 2.44. The van der Waals surface area contributed by atoms with Crippen molar-refractivity contribution in [3.05, 3.63) is 12.2 Å². The first-order valence-electron chi connectivity index (χ1n) is 5.10. The molecule has 0 aromatic carbocycles. The lowest BCUT2D eigenvalue weighted by atomic mass is 9.92. The Kier molecular flexibility index (Phi) is 3.32. The molecule has 14 heavy (non-hydrogen) atoms. The summed E-state index contributed by atoms with van der Waals surface area (Å²) in [6.45, 7) is 9.23. The van der Waals surface area contributed by atoms with Crippen LogP contribution < -0.4 is 5.32 Å². The van der Waals surface area contributed by atoms with Gasteiger partial charge in [0.15, 0.2) is 0 Å². The van der Waals surface area contributed by atoms with E-state index in [9.17, 15) is 4.79 Å². The van der Waals surface area contributed by atoms with Crippen molar-refractivity contribution in [2.45, 2.75) is 26.7 Å². The number of carboxylic acids is 1. The van der Waals surface area contributed by atoms with E-state index in [1.807, 2.05) is 0 Å². The van der Waals surface area contributed by atoms with Crippen LogP contribution in [-0.4, -0.2) is 24.2 Å². The number of rotatable bonds is 6. The van der Waals surface area contributed by atoms with E-state index >= 15 is 0 Å². The van der Waals surface area contributed by atoms with Gasteiger partial charge in [0.25, 0.3) is 0 Å². The molecule has 2 N–H and O–H groups in total. The Morgan fingerprint density at radius 2 is 2.14 bits per heavy atom. The monoisotopic (exact) mass is 197 g/mol. The molecule has 1 saturated carbocycles. The second kappa shape index (κ2) is 4.13. The first-order valence-corrected chi connectivity index (χ1v) is 5.10. The van der Waals surface area contributed by atoms with Crippen LogP contribution >= 0.6 is 0 Å². The summed E-state index contributed by atoms with van der Waals surface area (Å²) < 4.78 is 0. The van der Waals surface area contributed by atoms with Gasteiger partial charge in [-0.1, -0.05) is 20.4 Å². The lowest BCUT2D eigenvalue weighted by Gasteiger charge is -2.19.